The van der Waals surface area contributed by atoms with E-state index >= 15 is 0 Å². The monoisotopic (exact) mass is 168 g/mol. The summed E-state index contributed by atoms with van der Waals surface area (Å²) in [6.45, 7) is 0.00117. The van der Waals surface area contributed by atoms with Gasteiger partial charge in [0.2, 0.25) is 0 Å². The van der Waals surface area contributed by atoms with Gasteiger partial charge in [-0.25, -0.2) is 4.39 Å². The third-order valence-corrected chi connectivity index (χ3v) is 1.94. The van der Waals surface area contributed by atoms with Gasteiger partial charge in [0.25, 0.3) is 0 Å². The molecule has 1 aliphatic heterocycles. The fourth-order valence-electron chi connectivity index (χ4n) is 1.26. The molecule has 1 aromatic rings. The van der Waals surface area contributed by atoms with Crippen LogP contribution >= 0.6 is 0 Å². The van der Waals surface area contributed by atoms with Gasteiger partial charge in [-0.05, 0) is 17.7 Å². The highest BCUT2D eigenvalue weighted by Gasteiger charge is 2.39. The zero-order chi connectivity index (χ0) is 8.55. The Kier molecular flexibility index (Phi) is 1.83. The van der Waals surface area contributed by atoms with Crippen molar-refractivity contribution in [3.8, 4) is 0 Å². The van der Waals surface area contributed by atoms with Crippen LogP contribution in [-0.4, -0.2) is 17.8 Å². The Morgan fingerprint density at radius 1 is 1.50 bits per heavy atom. The lowest BCUT2D eigenvalue weighted by Gasteiger charge is -1.94. The SMILES string of the molecule is OC[C@@H]1O[C@@H]1c1cccc(F)c1. The molecule has 3 heteroatoms. The lowest BCUT2D eigenvalue weighted by atomic mass is 10.1. The number of rotatable bonds is 2. The van der Waals surface area contributed by atoms with Gasteiger partial charge in [0.1, 0.15) is 18.0 Å². The van der Waals surface area contributed by atoms with Crippen molar-refractivity contribution in [2.75, 3.05) is 6.61 Å². The second-order valence-corrected chi connectivity index (χ2v) is 2.83. The van der Waals surface area contributed by atoms with Crippen LogP contribution in [0.1, 0.15) is 11.7 Å². The molecule has 2 atom stereocenters. The quantitative estimate of drug-likeness (QED) is 0.674. The van der Waals surface area contributed by atoms with Crippen LogP contribution in [0.15, 0.2) is 24.3 Å². The molecule has 1 N–H and O–H groups in total. The van der Waals surface area contributed by atoms with Crippen molar-refractivity contribution in [1.82, 2.24) is 0 Å². The van der Waals surface area contributed by atoms with Crippen molar-refractivity contribution < 1.29 is 14.2 Å². The van der Waals surface area contributed by atoms with Crippen molar-refractivity contribution >= 4 is 0 Å². The molecule has 0 amide bonds. The first-order valence-corrected chi connectivity index (χ1v) is 3.83. The van der Waals surface area contributed by atoms with Gasteiger partial charge < -0.3 is 9.84 Å². The van der Waals surface area contributed by atoms with E-state index in [9.17, 15) is 4.39 Å². The molecular formula is C9H9FO2. The number of benzene rings is 1. The van der Waals surface area contributed by atoms with Crippen LogP contribution in [0.5, 0.6) is 0 Å². The van der Waals surface area contributed by atoms with Gasteiger partial charge >= 0.3 is 0 Å². The van der Waals surface area contributed by atoms with Gasteiger partial charge in [-0.2, -0.15) is 0 Å². The Bertz CT molecular complexity index is 288. The topological polar surface area (TPSA) is 32.8 Å². The van der Waals surface area contributed by atoms with Gasteiger partial charge in [0.15, 0.2) is 0 Å². The molecule has 1 aliphatic rings. The summed E-state index contributed by atoms with van der Waals surface area (Å²) in [6.07, 6.45) is -0.238. The van der Waals surface area contributed by atoms with Gasteiger partial charge in [-0.3, -0.25) is 0 Å². The summed E-state index contributed by atoms with van der Waals surface area (Å²) in [5, 5.41) is 8.69. The van der Waals surface area contributed by atoms with Crippen LogP contribution in [0.4, 0.5) is 4.39 Å². The Hall–Kier alpha value is -0.930. The maximum absolute atomic E-state index is 12.7. The molecule has 1 aromatic carbocycles. The normalized spacial score (nSPS) is 27.2. The molecule has 12 heavy (non-hydrogen) atoms. The summed E-state index contributed by atoms with van der Waals surface area (Å²) in [4.78, 5) is 0. The van der Waals surface area contributed by atoms with Crippen molar-refractivity contribution in [2.24, 2.45) is 0 Å². The van der Waals surface area contributed by atoms with Crippen LogP contribution in [-0.2, 0) is 4.74 Å². The molecule has 1 fully saturated rings. The first-order valence-electron chi connectivity index (χ1n) is 3.83. The van der Waals surface area contributed by atoms with Crippen LogP contribution < -0.4 is 0 Å². The molecule has 1 saturated heterocycles. The lowest BCUT2D eigenvalue weighted by molar-refractivity contribution is 0.242. The Balaban J connectivity index is 2.14. The lowest BCUT2D eigenvalue weighted by Crippen LogP contribution is -1.94. The van der Waals surface area contributed by atoms with E-state index in [1.807, 2.05) is 0 Å². The molecule has 0 bridgehead atoms. The molecule has 0 unspecified atom stereocenters. The van der Waals surface area contributed by atoms with E-state index in [4.69, 9.17) is 9.84 Å². The zero-order valence-electron chi connectivity index (χ0n) is 6.40. The minimum atomic E-state index is -0.264. The number of ether oxygens (including phenoxy) is 1. The third kappa shape index (κ3) is 1.33. The van der Waals surface area contributed by atoms with Gasteiger partial charge in [0.05, 0.1) is 6.61 Å². The predicted molar refractivity (Wildman–Crippen MR) is 41.1 cm³/mol. The van der Waals surface area contributed by atoms with E-state index in [-0.39, 0.29) is 24.6 Å². The molecule has 1 heterocycles. The fourth-order valence-corrected chi connectivity index (χ4v) is 1.26. The van der Waals surface area contributed by atoms with Crippen LogP contribution in [0.25, 0.3) is 0 Å². The van der Waals surface area contributed by atoms with E-state index in [0.717, 1.165) is 5.56 Å². The molecule has 0 saturated carbocycles. The number of aliphatic hydroxyl groups is 1. The summed E-state index contributed by atoms with van der Waals surface area (Å²) < 4.78 is 17.8. The van der Waals surface area contributed by atoms with E-state index in [0.29, 0.717) is 0 Å². The average molecular weight is 168 g/mol. The van der Waals surface area contributed by atoms with Crippen molar-refractivity contribution in [1.29, 1.82) is 0 Å². The highest BCUT2D eigenvalue weighted by Crippen LogP contribution is 2.38. The van der Waals surface area contributed by atoms with Crippen molar-refractivity contribution in [3.05, 3.63) is 35.6 Å². The van der Waals surface area contributed by atoms with E-state index < -0.39 is 0 Å². The summed E-state index contributed by atoms with van der Waals surface area (Å²) >= 11 is 0. The summed E-state index contributed by atoms with van der Waals surface area (Å²) in [7, 11) is 0. The number of aliphatic hydroxyl groups excluding tert-OH is 1. The Morgan fingerprint density at radius 3 is 2.92 bits per heavy atom. The van der Waals surface area contributed by atoms with Gasteiger partial charge in [0, 0.05) is 0 Å². The minimum Gasteiger partial charge on any atom is -0.394 e. The third-order valence-electron chi connectivity index (χ3n) is 1.94. The molecule has 0 aliphatic carbocycles. The first kappa shape index (κ1) is 7.71. The number of halogens is 1. The maximum Gasteiger partial charge on any atom is 0.123 e. The van der Waals surface area contributed by atoms with Crippen LogP contribution in [0.2, 0.25) is 0 Å². The second kappa shape index (κ2) is 2.84. The Labute approximate surface area is 69.6 Å². The minimum absolute atomic E-state index is 0.00117. The first-order chi connectivity index (χ1) is 5.81. The highest BCUT2D eigenvalue weighted by molar-refractivity contribution is 5.23. The highest BCUT2D eigenvalue weighted by atomic mass is 19.1. The molecule has 2 nitrogen and oxygen atoms in total. The predicted octanol–water partition coefficient (Wildman–Crippen LogP) is 1.26. The average Bonchev–Trinajstić information content (AvgIpc) is 2.83. The van der Waals surface area contributed by atoms with Crippen molar-refractivity contribution in [3.63, 3.8) is 0 Å². The molecule has 0 spiro atoms. The number of epoxide rings is 1. The summed E-state index contributed by atoms with van der Waals surface area (Å²) in [5.41, 5.74) is 0.800. The summed E-state index contributed by atoms with van der Waals surface area (Å²) in [6, 6.07) is 6.25. The second-order valence-electron chi connectivity index (χ2n) is 2.83. The van der Waals surface area contributed by atoms with E-state index in [1.165, 1.54) is 12.1 Å². The van der Waals surface area contributed by atoms with Crippen LogP contribution in [0, 0.1) is 5.82 Å². The largest absolute Gasteiger partial charge is 0.394 e. The van der Waals surface area contributed by atoms with Gasteiger partial charge in [-0.15, -0.1) is 0 Å². The number of hydrogen-bond donors (Lipinski definition) is 1. The van der Waals surface area contributed by atoms with E-state index in [1.54, 1.807) is 12.1 Å². The fraction of sp³-hybridized carbons (Fsp3) is 0.333. The molecule has 64 valence electrons. The summed E-state index contributed by atoms with van der Waals surface area (Å²) in [5.74, 6) is -0.264. The maximum atomic E-state index is 12.7. The molecular weight excluding hydrogens is 159 g/mol. The standard InChI is InChI=1S/C9H9FO2/c10-7-3-1-2-6(4-7)9-8(5-11)12-9/h1-4,8-9,11H,5H2/t8-,9+/m0/s1. The smallest absolute Gasteiger partial charge is 0.123 e. The van der Waals surface area contributed by atoms with Gasteiger partial charge in [-0.1, -0.05) is 12.1 Å². The van der Waals surface area contributed by atoms with Crippen LogP contribution in [0.3, 0.4) is 0 Å². The van der Waals surface area contributed by atoms with Crippen molar-refractivity contribution in [2.45, 2.75) is 12.2 Å². The molecule has 0 radical (unpaired) electrons. The number of hydrogen-bond acceptors (Lipinski definition) is 2. The van der Waals surface area contributed by atoms with E-state index in [2.05, 4.69) is 0 Å². The molecule has 0 aromatic heterocycles. The Morgan fingerprint density at radius 2 is 2.33 bits per heavy atom. The molecule has 2 rings (SSSR count). The zero-order valence-corrected chi connectivity index (χ0v) is 6.40.